The van der Waals surface area contributed by atoms with Crippen molar-refractivity contribution in [1.29, 1.82) is 0 Å². The van der Waals surface area contributed by atoms with Gasteiger partial charge in [0.05, 0.1) is 18.0 Å². The van der Waals surface area contributed by atoms with Crippen molar-refractivity contribution in [1.82, 2.24) is 4.90 Å². The number of carbonyl (C=O) groups excluding carboxylic acids is 1. The first-order valence-electron chi connectivity index (χ1n) is 9.24. The summed E-state index contributed by atoms with van der Waals surface area (Å²) in [5, 5.41) is 3.00. The summed E-state index contributed by atoms with van der Waals surface area (Å²) in [5.41, 5.74) is 3.00. The van der Waals surface area contributed by atoms with Crippen molar-refractivity contribution in [3.63, 3.8) is 0 Å². The van der Waals surface area contributed by atoms with E-state index in [1.165, 1.54) is 0 Å². The first-order chi connectivity index (χ1) is 12.8. The molecule has 1 aliphatic rings. The number of nitrogens with zero attached hydrogens (tertiary/aromatic N) is 2. The first-order valence-corrected chi connectivity index (χ1v) is 9.24. The van der Waals surface area contributed by atoms with Gasteiger partial charge in [0.15, 0.2) is 0 Å². The smallest absolute Gasteiger partial charge is 0.250 e. The molecule has 0 atom stereocenters. The molecule has 1 amide bonds. The summed E-state index contributed by atoms with van der Waals surface area (Å²) in [6, 6.07) is 17.9. The Labute approximate surface area is 155 Å². The van der Waals surface area contributed by atoms with E-state index in [1.807, 2.05) is 48.5 Å². The van der Waals surface area contributed by atoms with Crippen LogP contribution >= 0.6 is 0 Å². The highest BCUT2D eigenvalue weighted by Crippen LogP contribution is 2.26. The van der Waals surface area contributed by atoms with E-state index in [4.69, 9.17) is 4.74 Å². The molecule has 0 unspecified atom stereocenters. The molecule has 5 nitrogen and oxygen atoms in total. The maximum absolute atomic E-state index is 12.3. The summed E-state index contributed by atoms with van der Waals surface area (Å²) >= 11 is 0. The molecule has 26 heavy (non-hydrogen) atoms. The van der Waals surface area contributed by atoms with Crippen LogP contribution in [0.25, 0.3) is 0 Å². The molecule has 0 radical (unpaired) electrons. The molecular formula is C21H27N3O2. The van der Waals surface area contributed by atoms with E-state index in [9.17, 15) is 4.79 Å². The summed E-state index contributed by atoms with van der Waals surface area (Å²) in [6.07, 6.45) is 0. The van der Waals surface area contributed by atoms with Gasteiger partial charge in [0, 0.05) is 26.2 Å². The number of rotatable bonds is 7. The number of nitrogens with one attached hydrogen (secondary N) is 1. The Kier molecular flexibility index (Phi) is 6.63. The largest absolute Gasteiger partial charge is 0.367 e. The van der Waals surface area contributed by atoms with Crippen LogP contribution in [0.5, 0.6) is 0 Å². The lowest BCUT2D eigenvalue weighted by atomic mass is 10.2. The molecule has 0 saturated carbocycles. The van der Waals surface area contributed by atoms with Gasteiger partial charge in [-0.15, -0.1) is 0 Å². The lowest BCUT2D eigenvalue weighted by molar-refractivity contribution is -0.121. The summed E-state index contributed by atoms with van der Waals surface area (Å²) in [7, 11) is 0. The van der Waals surface area contributed by atoms with Crippen molar-refractivity contribution < 1.29 is 9.53 Å². The van der Waals surface area contributed by atoms with E-state index >= 15 is 0 Å². The summed E-state index contributed by atoms with van der Waals surface area (Å²) in [4.78, 5) is 17.1. The van der Waals surface area contributed by atoms with Gasteiger partial charge in [0.2, 0.25) is 5.91 Å². The van der Waals surface area contributed by atoms with Crippen LogP contribution < -0.4 is 10.2 Å². The van der Waals surface area contributed by atoms with Crippen molar-refractivity contribution in [2.45, 2.75) is 13.5 Å². The number of benzene rings is 2. The molecule has 2 aromatic carbocycles. The van der Waals surface area contributed by atoms with Crippen LogP contribution in [0.3, 0.4) is 0 Å². The lowest BCUT2D eigenvalue weighted by Crippen LogP contribution is -2.46. The Hall–Kier alpha value is -2.37. The Morgan fingerprint density at radius 1 is 1.00 bits per heavy atom. The molecule has 1 fully saturated rings. The zero-order chi connectivity index (χ0) is 18.2. The number of ether oxygens (including phenoxy) is 1. The summed E-state index contributed by atoms with van der Waals surface area (Å²) in [6.45, 7) is 7.83. The van der Waals surface area contributed by atoms with Gasteiger partial charge in [-0.05, 0) is 24.2 Å². The Bertz CT molecular complexity index is 697. The second kappa shape index (κ2) is 9.36. The van der Waals surface area contributed by atoms with Gasteiger partial charge in [0.1, 0.15) is 6.61 Å². The molecule has 138 valence electrons. The van der Waals surface area contributed by atoms with E-state index in [0.29, 0.717) is 6.61 Å². The third-order valence-electron chi connectivity index (χ3n) is 4.68. The molecule has 1 N–H and O–H groups in total. The van der Waals surface area contributed by atoms with Crippen LogP contribution in [0.1, 0.15) is 12.5 Å². The van der Waals surface area contributed by atoms with Gasteiger partial charge in [-0.25, -0.2) is 0 Å². The fraction of sp³-hybridized carbons (Fsp3) is 0.381. The number of piperazine rings is 1. The van der Waals surface area contributed by atoms with Crippen LogP contribution in [0.2, 0.25) is 0 Å². The van der Waals surface area contributed by atoms with Gasteiger partial charge in [-0.2, -0.15) is 0 Å². The standard InChI is InChI=1S/C21H27N3O2/c1-2-23-12-14-24(15-13-23)20-11-7-6-10-19(20)22-21(25)17-26-16-18-8-4-3-5-9-18/h3-11H,2,12-17H2,1H3,(H,22,25). The van der Waals surface area contributed by atoms with E-state index in [2.05, 4.69) is 28.1 Å². The average Bonchev–Trinajstić information content (AvgIpc) is 2.69. The molecule has 1 heterocycles. The summed E-state index contributed by atoms with van der Waals surface area (Å²) in [5.74, 6) is -0.124. The fourth-order valence-corrected chi connectivity index (χ4v) is 3.18. The van der Waals surface area contributed by atoms with Crippen LogP contribution in [-0.4, -0.2) is 50.1 Å². The number of likely N-dealkylation sites (N-methyl/N-ethyl adjacent to an activating group) is 1. The average molecular weight is 353 g/mol. The molecular weight excluding hydrogens is 326 g/mol. The topological polar surface area (TPSA) is 44.8 Å². The molecule has 0 aromatic heterocycles. The zero-order valence-corrected chi connectivity index (χ0v) is 15.4. The van der Waals surface area contributed by atoms with Crippen LogP contribution in [0, 0.1) is 0 Å². The molecule has 0 spiro atoms. The monoisotopic (exact) mass is 353 g/mol. The predicted octanol–water partition coefficient (Wildman–Crippen LogP) is 2.98. The van der Waals surface area contributed by atoms with Crippen LogP contribution in [-0.2, 0) is 16.1 Å². The van der Waals surface area contributed by atoms with E-state index in [-0.39, 0.29) is 12.5 Å². The second-order valence-corrected chi connectivity index (χ2v) is 6.47. The second-order valence-electron chi connectivity index (χ2n) is 6.47. The maximum atomic E-state index is 12.3. The molecule has 3 rings (SSSR count). The highest BCUT2D eigenvalue weighted by atomic mass is 16.5. The van der Waals surface area contributed by atoms with Crippen molar-refractivity contribution >= 4 is 17.3 Å². The van der Waals surface area contributed by atoms with Crippen molar-refractivity contribution in [3.8, 4) is 0 Å². The summed E-state index contributed by atoms with van der Waals surface area (Å²) < 4.78 is 5.54. The van der Waals surface area contributed by atoms with Gasteiger partial charge in [0.25, 0.3) is 0 Å². The zero-order valence-electron chi connectivity index (χ0n) is 15.4. The SMILES string of the molecule is CCN1CCN(c2ccccc2NC(=O)COCc2ccccc2)CC1. The van der Waals surface area contributed by atoms with Gasteiger partial charge >= 0.3 is 0 Å². The molecule has 2 aromatic rings. The predicted molar refractivity (Wildman–Crippen MR) is 105 cm³/mol. The molecule has 5 heteroatoms. The third-order valence-corrected chi connectivity index (χ3v) is 4.68. The van der Waals surface area contributed by atoms with Gasteiger partial charge in [-0.3, -0.25) is 4.79 Å². The number of amides is 1. The van der Waals surface area contributed by atoms with Crippen molar-refractivity contribution in [3.05, 3.63) is 60.2 Å². The third kappa shape index (κ3) is 5.07. The number of carbonyl (C=O) groups is 1. The minimum absolute atomic E-state index is 0.0485. The molecule has 1 aliphatic heterocycles. The lowest BCUT2D eigenvalue weighted by Gasteiger charge is -2.36. The van der Waals surface area contributed by atoms with Crippen molar-refractivity contribution in [2.24, 2.45) is 0 Å². The highest BCUT2D eigenvalue weighted by Gasteiger charge is 2.18. The number of hydrogen-bond acceptors (Lipinski definition) is 4. The maximum Gasteiger partial charge on any atom is 0.250 e. The van der Waals surface area contributed by atoms with Crippen LogP contribution in [0.15, 0.2) is 54.6 Å². The number of anilines is 2. The quantitative estimate of drug-likeness (QED) is 0.831. The van der Waals surface area contributed by atoms with E-state index in [0.717, 1.165) is 49.7 Å². The van der Waals surface area contributed by atoms with Gasteiger partial charge < -0.3 is 19.9 Å². The molecule has 1 saturated heterocycles. The Balaban J connectivity index is 1.53. The van der Waals surface area contributed by atoms with Gasteiger partial charge in [-0.1, -0.05) is 49.4 Å². The van der Waals surface area contributed by atoms with Crippen LogP contribution in [0.4, 0.5) is 11.4 Å². The van der Waals surface area contributed by atoms with E-state index < -0.39 is 0 Å². The minimum atomic E-state index is -0.124. The normalized spacial score (nSPS) is 15.0. The Morgan fingerprint density at radius 3 is 2.42 bits per heavy atom. The molecule has 0 bridgehead atoms. The highest BCUT2D eigenvalue weighted by molar-refractivity contribution is 5.95. The van der Waals surface area contributed by atoms with Crippen molar-refractivity contribution in [2.75, 3.05) is 49.5 Å². The molecule has 0 aliphatic carbocycles. The first kappa shape index (κ1) is 18.4. The Morgan fingerprint density at radius 2 is 1.69 bits per heavy atom. The minimum Gasteiger partial charge on any atom is -0.367 e. The fourth-order valence-electron chi connectivity index (χ4n) is 3.18. The number of hydrogen-bond donors (Lipinski definition) is 1. The number of para-hydroxylation sites is 2. The van der Waals surface area contributed by atoms with E-state index in [1.54, 1.807) is 0 Å².